The molecule has 0 bridgehead atoms. The molecular formula is C22H31N3O3. The molecule has 6 heteroatoms. The van der Waals surface area contributed by atoms with Gasteiger partial charge in [0.1, 0.15) is 5.82 Å². The van der Waals surface area contributed by atoms with Gasteiger partial charge in [0.25, 0.3) is 5.56 Å². The zero-order valence-electron chi connectivity index (χ0n) is 17.6. The fourth-order valence-corrected chi connectivity index (χ4v) is 3.42. The Labute approximate surface area is 166 Å². The maximum absolute atomic E-state index is 12.6. The fourth-order valence-electron chi connectivity index (χ4n) is 3.42. The van der Waals surface area contributed by atoms with Crippen molar-refractivity contribution in [3.8, 4) is 11.5 Å². The summed E-state index contributed by atoms with van der Waals surface area (Å²) in [6.45, 7) is 13.6. The second-order valence-corrected chi connectivity index (χ2v) is 8.20. The fraction of sp³-hybridized carbons (Fsp3) is 0.545. The Balaban J connectivity index is 1.78. The first-order chi connectivity index (χ1) is 13.3. The first-order valence-corrected chi connectivity index (χ1v) is 10.0. The predicted molar refractivity (Wildman–Crippen MR) is 110 cm³/mol. The van der Waals surface area contributed by atoms with Gasteiger partial charge in [0.2, 0.25) is 0 Å². The van der Waals surface area contributed by atoms with Crippen molar-refractivity contribution >= 4 is 0 Å². The summed E-state index contributed by atoms with van der Waals surface area (Å²) in [4.78, 5) is 22.6. The Bertz CT molecular complexity index is 884. The molecule has 0 saturated heterocycles. The maximum atomic E-state index is 12.6. The number of H-pyrrole nitrogens is 1. The highest BCUT2D eigenvalue weighted by Crippen LogP contribution is 2.29. The van der Waals surface area contributed by atoms with E-state index in [0.29, 0.717) is 19.8 Å². The Morgan fingerprint density at radius 2 is 1.86 bits per heavy atom. The largest absolute Gasteiger partial charge is 0.490 e. The lowest BCUT2D eigenvalue weighted by Gasteiger charge is -2.29. The van der Waals surface area contributed by atoms with Crippen molar-refractivity contribution < 1.29 is 9.47 Å². The molecule has 2 aromatic rings. The van der Waals surface area contributed by atoms with Crippen LogP contribution in [0.1, 0.15) is 57.3 Å². The van der Waals surface area contributed by atoms with Crippen molar-refractivity contribution in [3.63, 3.8) is 0 Å². The number of aromatic amines is 1. The van der Waals surface area contributed by atoms with Crippen LogP contribution in [0.2, 0.25) is 0 Å². The van der Waals surface area contributed by atoms with E-state index >= 15 is 0 Å². The van der Waals surface area contributed by atoms with Crippen LogP contribution in [0.25, 0.3) is 0 Å². The topological polar surface area (TPSA) is 67.5 Å². The molecule has 0 aliphatic carbocycles. The van der Waals surface area contributed by atoms with Crippen LogP contribution < -0.4 is 15.0 Å². The molecule has 0 amide bonds. The van der Waals surface area contributed by atoms with Gasteiger partial charge >= 0.3 is 0 Å². The molecule has 1 aliphatic rings. The molecule has 0 spiro atoms. The monoisotopic (exact) mass is 385 g/mol. The SMILES string of the molecule is CCOc1ccc(CN2CCc3nc(C(C)(C)C)[nH]c(=O)c3C2)cc1OCC. The van der Waals surface area contributed by atoms with E-state index in [-0.39, 0.29) is 11.0 Å². The molecule has 2 heterocycles. The van der Waals surface area contributed by atoms with Crippen LogP contribution in [0.3, 0.4) is 0 Å². The third kappa shape index (κ3) is 4.55. The van der Waals surface area contributed by atoms with E-state index < -0.39 is 0 Å². The molecule has 0 radical (unpaired) electrons. The molecule has 0 unspecified atom stereocenters. The zero-order chi connectivity index (χ0) is 20.3. The van der Waals surface area contributed by atoms with Crippen LogP contribution in [0.4, 0.5) is 0 Å². The quantitative estimate of drug-likeness (QED) is 0.825. The molecule has 1 aromatic carbocycles. The maximum Gasteiger partial charge on any atom is 0.255 e. The Hall–Kier alpha value is -2.34. The van der Waals surface area contributed by atoms with Gasteiger partial charge in [-0.1, -0.05) is 26.8 Å². The van der Waals surface area contributed by atoms with Gasteiger partial charge in [-0.25, -0.2) is 4.98 Å². The van der Waals surface area contributed by atoms with Crippen molar-refractivity contribution in [2.45, 2.75) is 59.5 Å². The zero-order valence-corrected chi connectivity index (χ0v) is 17.6. The summed E-state index contributed by atoms with van der Waals surface area (Å²) in [5, 5.41) is 0. The summed E-state index contributed by atoms with van der Waals surface area (Å²) < 4.78 is 11.4. The standard InChI is InChI=1S/C22H31N3O3/c1-6-27-18-9-8-15(12-19(18)28-7-2)13-25-11-10-17-16(14-25)20(26)24-21(23-17)22(3,4)5/h8-9,12H,6-7,10-11,13-14H2,1-5H3,(H,23,24,26). The van der Waals surface area contributed by atoms with Crippen LogP contribution in [-0.4, -0.2) is 34.6 Å². The van der Waals surface area contributed by atoms with Crippen molar-refractivity contribution in [3.05, 3.63) is 51.2 Å². The Morgan fingerprint density at radius 3 is 2.54 bits per heavy atom. The molecule has 3 rings (SSSR count). The van der Waals surface area contributed by atoms with Gasteiger partial charge in [-0.3, -0.25) is 9.69 Å². The lowest BCUT2D eigenvalue weighted by Crippen LogP contribution is -2.37. The predicted octanol–water partition coefficient (Wildman–Crippen LogP) is 3.42. The number of hydrogen-bond donors (Lipinski definition) is 1. The minimum atomic E-state index is -0.163. The Kier molecular flexibility index (Phi) is 6.08. The van der Waals surface area contributed by atoms with Gasteiger partial charge in [-0.15, -0.1) is 0 Å². The normalized spacial score (nSPS) is 14.6. The van der Waals surface area contributed by atoms with Crippen LogP contribution in [0, 0.1) is 0 Å². The average molecular weight is 386 g/mol. The summed E-state index contributed by atoms with van der Waals surface area (Å²) >= 11 is 0. The molecule has 0 fully saturated rings. The van der Waals surface area contributed by atoms with Crippen LogP contribution in [-0.2, 0) is 24.9 Å². The van der Waals surface area contributed by atoms with Crippen LogP contribution >= 0.6 is 0 Å². The molecule has 1 N–H and O–H groups in total. The van der Waals surface area contributed by atoms with E-state index in [9.17, 15) is 4.79 Å². The first kappa shape index (κ1) is 20.4. The molecule has 6 nitrogen and oxygen atoms in total. The van der Waals surface area contributed by atoms with E-state index in [1.807, 2.05) is 26.0 Å². The summed E-state index contributed by atoms with van der Waals surface area (Å²) in [6.07, 6.45) is 0.789. The second-order valence-electron chi connectivity index (χ2n) is 8.20. The molecule has 1 aliphatic heterocycles. The van der Waals surface area contributed by atoms with E-state index in [1.165, 1.54) is 0 Å². The molecule has 152 valence electrons. The smallest absolute Gasteiger partial charge is 0.255 e. The molecule has 28 heavy (non-hydrogen) atoms. The van der Waals surface area contributed by atoms with E-state index in [2.05, 4.69) is 36.7 Å². The summed E-state index contributed by atoms with van der Waals surface area (Å²) in [7, 11) is 0. The van der Waals surface area contributed by atoms with Crippen molar-refractivity contribution in [1.82, 2.24) is 14.9 Å². The number of aromatic nitrogens is 2. The minimum Gasteiger partial charge on any atom is -0.490 e. The molecule has 0 saturated carbocycles. The third-order valence-electron chi connectivity index (χ3n) is 4.87. The number of rotatable bonds is 6. The highest BCUT2D eigenvalue weighted by Gasteiger charge is 2.25. The van der Waals surface area contributed by atoms with Crippen LogP contribution in [0.15, 0.2) is 23.0 Å². The van der Waals surface area contributed by atoms with E-state index in [1.54, 1.807) is 0 Å². The van der Waals surface area contributed by atoms with Gasteiger partial charge in [0.05, 0.1) is 24.5 Å². The van der Waals surface area contributed by atoms with Gasteiger partial charge in [-0.2, -0.15) is 0 Å². The van der Waals surface area contributed by atoms with Gasteiger partial charge in [0, 0.05) is 31.5 Å². The number of nitrogens with one attached hydrogen (secondary N) is 1. The first-order valence-electron chi connectivity index (χ1n) is 10.0. The van der Waals surface area contributed by atoms with E-state index in [0.717, 1.165) is 53.7 Å². The number of nitrogens with zero attached hydrogens (tertiary/aromatic N) is 2. The van der Waals surface area contributed by atoms with Gasteiger partial charge in [0.15, 0.2) is 11.5 Å². The van der Waals surface area contributed by atoms with Crippen LogP contribution in [0.5, 0.6) is 11.5 Å². The highest BCUT2D eigenvalue weighted by atomic mass is 16.5. The third-order valence-corrected chi connectivity index (χ3v) is 4.87. The number of fused-ring (bicyclic) bond motifs is 1. The number of benzene rings is 1. The summed E-state index contributed by atoms with van der Waals surface area (Å²) in [5.74, 6) is 2.30. The summed E-state index contributed by atoms with van der Waals surface area (Å²) in [6, 6.07) is 6.06. The summed E-state index contributed by atoms with van der Waals surface area (Å²) in [5.41, 5.74) is 2.69. The lowest BCUT2D eigenvalue weighted by atomic mass is 9.95. The van der Waals surface area contributed by atoms with Crippen molar-refractivity contribution in [1.29, 1.82) is 0 Å². The van der Waals surface area contributed by atoms with Crippen molar-refractivity contribution in [2.24, 2.45) is 0 Å². The van der Waals surface area contributed by atoms with Crippen molar-refractivity contribution in [2.75, 3.05) is 19.8 Å². The molecular weight excluding hydrogens is 354 g/mol. The molecule has 1 aromatic heterocycles. The Morgan fingerprint density at radius 1 is 1.14 bits per heavy atom. The molecule has 0 atom stereocenters. The van der Waals surface area contributed by atoms with E-state index in [4.69, 9.17) is 14.5 Å². The highest BCUT2D eigenvalue weighted by molar-refractivity contribution is 5.43. The van der Waals surface area contributed by atoms with Gasteiger partial charge in [-0.05, 0) is 31.5 Å². The van der Waals surface area contributed by atoms with Gasteiger partial charge < -0.3 is 14.5 Å². The number of hydrogen-bond acceptors (Lipinski definition) is 5. The number of ether oxygens (including phenoxy) is 2. The average Bonchev–Trinajstić information content (AvgIpc) is 2.64. The second kappa shape index (κ2) is 8.35. The minimum absolute atomic E-state index is 0.0127. The lowest BCUT2D eigenvalue weighted by molar-refractivity contribution is 0.239.